The summed E-state index contributed by atoms with van der Waals surface area (Å²) in [6, 6.07) is 13.3. The summed E-state index contributed by atoms with van der Waals surface area (Å²) < 4.78 is 10.5. The lowest BCUT2D eigenvalue weighted by atomic mass is 10.1. The molecule has 5 heteroatoms. The zero-order chi connectivity index (χ0) is 15.2. The number of methoxy groups -OCH3 is 2. The first-order valence-electron chi connectivity index (χ1n) is 6.49. The third-order valence-electron chi connectivity index (χ3n) is 3.03. The van der Waals surface area contributed by atoms with Crippen molar-refractivity contribution in [2.75, 3.05) is 20.0 Å². The van der Waals surface area contributed by atoms with Gasteiger partial charge in [-0.15, -0.1) is 11.8 Å². The monoisotopic (exact) mass is 323 g/mol. The highest BCUT2D eigenvalue weighted by Gasteiger charge is 2.10. The molecular weight excluding hydrogens is 306 g/mol. The molecule has 2 rings (SSSR count). The Hall–Kier alpha value is -1.36. The molecule has 0 fully saturated rings. The lowest BCUT2D eigenvalue weighted by molar-refractivity contribution is 0.393. The summed E-state index contributed by atoms with van der Waals surface area (Å²) in [5.41, 5.74) is 7.25. The van der Waals surface area contributed by atoms with Crippen LogP contribution in [0.3, 0.4) is 0 Å². The van der Waals surface area contributed by atoms with Crippen LogP contribution in [0.2, 0.25) is 5.02 Å². The average Bonchev–Trinajstić information content (AvgIpc) is 2.52. The summed E-state index contributed by atoms with van der Waals surface area (Å²) >= 11 is 7.65. The van der Waals surface area contributed by atoms with E-state index in [1.54, 1.807) is 26.0 Å². The first kappa shape index (κ1) is 16.0. The molecule has 112 valence electrons. The number of thioether (sulfide) groups is 1. The van der Waals surface area contributed by atoms with Gasteiger partial charge in [-0.05, 0) is 35.9 Å². The highest BCUT2D eigenvalue weighted by molar-refractivity contribution is 7.99. The molecule has 1 atom stereocenters. The zero-order valence-electron chi connectivity index (χ0n) is 12.0. The molecule has 0 saturated carbocycles. The van der Waals surface area contributed by atoms with Crippen LogP contribution in [0.1, 0.15) is 11.6 Å². The van der Waals surface area contributed by atoms with Crippen LogP contribution in [0.5, 0.6) is 11.5 Å². The number of rotatable bonds is 6. The van der Waals surface area contributed by atoms with Gasteiger partial charge in [0.05, 0.1) is 14.2 Å². The minimum atomic E-state index is -0.113. The van der Waals surface area contributed by atoms with E-state index in [-0.39, 0.29) is 6.04 Å². The summed E-state index contributed by atoms with van der Waals surface area (Å²) in [5, 5.41) is 0.733. The summed E-state index contributed by atoms with van der Waals surface area (Å²) in [5.74, 6) is 2.23. The Balaban J connectivity index is 2.07. The Morgan fingerprint density at radius 1 is 1.10 bits per heavy atom. The van der Waals surface area contributed by atoms with Gasteiger partial charge in [0.15, 0.2) is 0 Å². The molecule has 0 aromatic heterocycles. The summed E-state index contributed by atoms with van der Waals surface area (Å²) in [6.45, 7) is 0. The maximum absolute atomic E-state index is 6.26. The van der Waals surface area contributed by atoms with Gasteiger partial charge in [-0.25, -0.2) is 0 Å². The average molecular weight is 324 g/mol. The largest absolute Gasteiger partial charge is 0.497 e. The van der Waals surface area contributed by atoms with Crippen molar-refractivity contribution in [2.24, 2.45) is 5.73 Å². The Labute approximate surface area is 134 Å². The molecule has 21 heavy (non-hydrogen) atoms. The molecule has 2 aromatic rings. The third kappa shape index (κ3) is 4.56. The molecule has 0 saturated heterocycles. The smallest absolute Gasteiger partial charge is 0.122 e. The topological polar surface area (TPSA) is 44.5 Å². The predicted molar refractivity (Wildman–Crippen MR) is 88.7 cm³/mol. The summed E-state index contributed by atoms with van der Waals surface area (Å²) in [7, 11) is 3.26. The van der Waals surface area contributed by atoms with Gasteiger partial charge in [0, 0.05) is 27.8 Å². The first-order chi connectivity index (χ1) is 10.1. The van der Waals surface area contributed by atoms with Gasteiger partial charge in [0.25, 0.3) is 0 Å². The molecule has 0 spiro atoms. The van der Waals surface area contributed by atoms with Gasteiger partial charge in [0.2, 0.25) is 0 Å². The minimum absolute atomic E-state index is 0.113. The van der Waals surface area contributed by atoms with Crippen LogP contribution >= 0.6 is 23.4 Å². The van der Waals surface area contributed by atoms with E-state index in [0.717, 1.165) is 32.7 Å². The van der Waals surface area contributed by atoms with Crippen LogP contribution in [-0.4, -0.2) is 20.0 Å². The number of benzene rings is 2. The van der Waals surface area contributed by atoms with Crippen molar-refractivity contribution in [1.29, 1.82) is 0 Å². The number of ether oxygens (including phenoxy) is 2. The van der Waals surface area contributed by atoms with Crippen molar-refractivity contribution >= 4 is 23.4 Å². The standard InChI is InChI=1S/C16H18ClNO2S/c1-19-13-6-11(7-14(9-13)20-2)16(18)10-21-15-5-3-4-12(17)8-15/h3-9,16H,10,18H2,1-2H3. The zero-order valence-corrected chi connectivity index (χ0v) is 13.6. The Bertz CT molecular complexity index is 584. The van der Waals surface area contributed by atoms with Gasteiger partial charge in [0.1, 0.15) is 11.5 Å². The van der Waals surface area contributed by atoms with Crippen molar-refractivity contribution in [1.82, 2.24) is 0 Å². The predicted octanol–water partition coefficient (Wildman–Crippen LogP) is 4.15. The normalized spacial score (nSPS) is 12.0. The molecule has 0 heterocycles. The van der Waals surface area contributed by atoms with Crippen molar-refractivity contribution in [3.05, 3.63) is 53.1 Å². The maximum atomic E-state index is 6.26. The van der Waals surface area contributed by atoms with Crippen LogP contribution in [0.4, 0.5) is 0 Å². The second-order valence-corrected chi connectivity index (χ2v) is 6.05. The number of halogens is 1. The molecule has 0 bridgehead atoms. The highest BCUT2D eigenvalue weighted by Crippen LogP contribution is 2.29. The fraction of sp³-hybridized carbons (Fsp3) is 0.250. The van der Waals surface area contributed by atoms with Crippen molar-refractivity contribution < 1.29 is 9.47 Å². The van der Waals surface area contributed by atoms with Crippen molar-refractivity contribution in [3.8, 4) is 11.5 Å². The molecule has 0 amide bonds. The van der Waals surface area contributed by atoms with Crippen molar-refractivity contribution in [3.63, 3.8) is 0 Å². The second-order valence-electron chi connectivity index (χ2n) is 4.52. The van der Waals surface area contributed by atoms with E-state index >= 15 is 0 Å². The van der Waals surface area contributed by atoms with Gasteiger partial charge in [-0.2, -0.15) is 0 Å². The second kappa shape index (κ2) is 7.59. The molecule has 2 N–H and O–H groups in total. The van der Waals surface area contributed by atoms with Crippen LogP contribution in [0.15, 0.2) is 47.4 Å². The first-order valence-corrected chi connectivity index (χ1v) is 7.85. The number of hydrogen-bond donors (Lipinski definition) is 1. The van der Waals surface area contributed by atoms with E-state index in [0.29, 0.717) is 0 Å². The van der Waals surface area contributed by atoms with Gasteiger partial charge in [-0.3, -0.25) is 0 Å². The fourth-order valence-corrected chi connectivity index (χ4v) is 3.09. The van der Waals surface area contributed by atoms with E-state index < -0.39 is 0 Å². The quantitative estimate of drug-likeness (QED) is 0.811. The molecule has 0 aliphatic carbocycles. The molecule has 0 aliphatic heterocycles. The molecule has 0 radical (unpaired) electrons. The molecule has 3 nitrogen and oxygen atoms in total. The SMILES string of the molecule is COc1cc(OC)cc(C(N)CSc2cccc(Cl)c2)c1. The van der Waals surface area contributed by atoms with Crippen molar-refractivity contribution in [2.45, 2.75) is 10.9 Å². The molecule has 2 aromatic carbocycles. The van der Waals surface area contributed by atoms with Crippen LogP contribution in [0.25, 0.3) is 0 Å². The van der Waals surface area contributed by atoms with Crippen LogP contribution in [-0.2, 0) is 0 Å². The van der Waals surface area contributed by atoms with E-state index in [2.05, 4.69) is 0 Å². The Morgan fingerprint density at radius 2 is 1.76 bits per heavy atom. The Morgan fingerprint density at radius 3 is 2.33 bits per heavy atom. The lowest BCUT2D eigenvalue weighted by Crippen LogP contribution is -2.13. The van der Waals surface area contributed by atoms with Gasteiger partial charge in [-0.1, -0.05) is 17.7 Å². The van der Waals surface area contributed by atoms with E-state index in [1.807, 2.05) is 42.5 Å². The maximum Gasteiger partial charge on any atom is 0.122 e. The third-order valence-corrected chi connectivity index (χ3v) is 4.38. The highest BCUT2D eigenvalue weighted by atomic mass is 35.5. The van der Waals surface area contributed by atoms with Crippen LogP contribution < -0.4 is 15.2 Å². The minimum Gasteiger partial charge on any atom is -0.497 e. The number of hydrogen-bond acceptors (Lipinski definition) is 4. The number of nitrogens with two attached hydrogens (primary N) is 1. The van der Waals surface area contributed by atoms with Gasteiger partial charge >= 0.3 is 0 Å². The van der Waals surface area contributed by atoms with E-state index in [9.17, 15) is 0 Å². The molecule has 0 aliphatic rings. The van der Waals surface area contributed by atoms with E-state index in [4.69, 9.17) is 26.8 Å². The Kier molecular flexibility index (Phi) is 5.79. The van der Waals surface area contributed by atoms with Gasteiger partial charge < -0.3 is 15.2 Å². The molecule has 1 unspecified atom stereocenters. The van der Waals surface area contributed by atoms with E-state index in [1.165, 1.54) is 0 Å². The summed E-state index contributed by atoms with van der Waals surface area (Å²) in [6.07, 6.45) is 0. The summed E-state index contributed by atoms with van der Waals surface area (Å²) in [4.78, 5) is 1.10. The van der Waals surface area contributed by atoms with Crippen LogP contribution in [0, 0.1) is 0 Å². The fourth-order valence-electron chi connectivity index (χ4n) is 1.88. The lowest BCUT2D eigenvalue weighted by Gasteiger charge is -2.14. The molecular formula is C16H18ClNO2S.